The number of halogens is 1. The molecule has 3 unspecified atom stereocenters. The van der Waals surface area contributed by atoms with Crippen LogP contribution in [0.4, 0.5) is 0 Å². The predicted molar refractivity (Wildman–Crippen MR) is 87.4 cm³/mol. The van der Waals surface area contributed by atoms with Gasteiger partial charge in [0.05, 0.1) is 4.90 Å². The topological polar surface area (TPSA) is 46.2 Å². The van der Waals surface area contributed by atoms with Crippen molar-refractivity contribution >= 4 is 21.4 Å². The van der Waals surface area contributed by atoms with Crippen LogP contribution in [0.5, 0.6) is 0 Å². The first kappa shape index (κ1) is 16.8. The highest BCUT2D eigenvalue weighted by molar-refractivity contribution is 7.90. The molecule has 118 valence electrons. The van der Waals surface area contributed by atoms with Gasteiger partial charge in [0.15, 0.2) is 9.84 Å². The van der Waals surface area contributed by atoms with Crippen LogP contribution >= 0.6 is 11.6 Å². The summed E-state index contributed by atoms with van der Waals surface area (Å²) in [7, 11) is -3.26. The Hall–Kier alpha value is -0.580. The van der Waals surface area contributed by atoms with Crippen molar-refractivity contribution in [3.8, 4) is 0 Å². The molecule has 0 amide bonds. The zero-order valence-corrected chi connectivity index (χ0v) is 14.5. The molecule has 1 N–H and O–H groups in total. The van der Waals surface area contributed by atoms with E-state index < -0.39 is 9.84 Å². The van der Waals surface area contributed by atoms with Crippen LogP contribution in [-0.2, 0) is 16.4 Å². The van der Waals surface area contributed by atoms with E-state index in [0.717, 1.165) is 6.42 Å². The van der Waals surface area contributed by atoms with E-state index in [2.05, 4.69) is 19.2 Å². The van der Waals surface area contributed by atoms with Gasteiger partial charge in [-0.15, -0.1) is 0 Å². The molecule has 1 aromatic carbocycles. The number of benzene rings is 1. The fourth-order valence-electron chi connectivity index (χ4n) is 3.16. The number of rotatable bonds is 4. The molecular formula is C16H24ClNO2S. The maximum atomic E-state index is 11.9. The second-order valence-electron chi connectivity index (χ2n) is 6.24. The van der Waals surface area contributed by atoms with Crippen molar-refractivity contribution in [1.29, 1.82) is 0 Å². The maximum Gasteiger partial charge on any atom is 0.175 e. The molecule has 1 aliphatic carbocycles. The van der Waals surface area contributed by atoms with Crippen LogP contribution in [-0.4, -0.2) is 20.7 Å². The lowest BCUT2D eigenvalue weighted by Gasteiger charge is -2.35. The molecule has 21 heavy (non-hydrogen) atoms. The standard InChI is InChI=1S/C16H24ClNO2S/c1-11-6-4-8-15(12(11)2)18-10-13-14(17)7-5-9-16(13)21(3,19)20/h5,7,9,11-12,15,18H,4,6,8,10H2,1-3H3. The molecule has 3 nitrogen and oxygen atoms in total. The zero-order chi connectivity index (χ0) is 15.6. The quantitative estimate of drug-likeness (QED) is 0.917. The van der Waals surface area contributed by atoms with Crippen molar-refractivity contribution in [2.24, 2.45) is 11.8 Å². The van der Waals surface area contributed by atoms with Crippen molar-refractivity contribution in [3.63, 3.8) is 0 Å². The van der Waals surface area contributed by atoms with Crippen LogP contribution in [0.25, 0.3) is 0 Å². The molecule has 0 aromatic heterocycles. The Morgan fingerprint density at radius 2 is 2.00 bits per heavy atom. The summed E-state index contributed by atoms with van der Waals surface area (Å²) in [5.74, 6) is 1.31. The van der Waals surface area contributed by atoms with Gasteiger partial charge in [0, 0.05) is 29.4 Å². The second-order valence-corrected chi connectivity index (χ2v) is 8.63. The van der Waals surface area contributed by atoms with Crippen LogP contribution < -0.4 is 5.32 Å². The van der Waals surface area contributed by atoms with Crippen molar-refractivity contribution < 1.29 is 8.42 Å². The molecule has 1 aromatic rings. The van der Waals surface area contributed by atoms with Gasteiger partial charge in [0.25, 0.3) is 0 Å². The Kier molecular flexibility index (Phi) is 5.33. The number of nitrogens with one attached hydrogen (secondary N) is 1. The van der Waals surface area contributed by atoms with E-state index >= 15 is 0 Å². The van der Waals surface area contributed by atoms with Gasteiger partial charge >= 0.3 is 0 Å². The van der Waals surface area contributed by atoms with Crippen LogP contribution in [0, 0.1) is 11.8 Å². The highest BCUT2D eigenvalue weighted by Crippen LogP contribution is 2.30. The first-order chi connectivity index (χ1) is 9.80. The molecule has 0 spiro atoms. The van der Waals surface area contributed by atoms with Gasteiger partial charge in [-0.1, -0.05) is 44.4 Å². The molecule has 5 heteroatoms. The van der Waals surface area contributed by atoms with E-state index in [1.54, 1.807) is 18.2 Å². The Morgan fingerprint density at radius 1 is 1.29 bits per heavy atom. The van der Waals surface area contributed by atoms with Crippen LogP contribution in [0.15, 0.2) is 23.1 Å². The number of hydrogen-bond acceptors (Lipinski definition) is 3. The SMILES string of the molecule is CC1CCCC(NCc2c(Cl)cccc2S(C)(=O)=O)C1C. The van der Waals surface area contributed by atoms with Crippen molar-refractivity contribution in [2.45, 2.75) is 50.6 Å². The molecule has 3 atom stereocenters. The maximum absolute atomic E-state index is 11.9. The highest BCUT2D eigenvalue weighted by atomic mass is 35.5. The van der Waals surface area contributed by atoms with Crippen molar-refractivity contribution in [2.75, 3.05) is 6.26 Å². The van der Waals surface area contributed by atoms with Gasteiger partial charge in [-0.2, -0.15) is 0 Å². The fraction of sp³-hybridized carbons (Fsp3) is 0.625. The van der Waals surface area contributed by atoms with E-state index in [0.29, 0.717) is 39.9 Å². The molecule has 0 heterocycles. The Labute approximate surface area is 133 Å². The van der Waals surface area contributed by atoms with Gasteiger partial charge in [0.2, 0.25) is 0 Å². The van der Waals surface area contributed by atoms with E-state index in [1.807, 2.05) is 0 Å². The highest BCUT2D eigenvalue weighted by Gasteiger charge is 2.27. The molecule has 1 fully saturated rings. The minimum Gasteiger partial charge on any atom is -0.310 e. The predicted octanol–water partition coefficient (Wildman–Crippen LogP) is 3.66. The van der Waals surface area contributed by atoms with E-state index in [9.17, 15) is 8.42 Å². The molecule has 0 radical (unpaired) electrons. The summed E-state index contributed by atoms with van der Waals surface area (Å²) in [5.41, 5.74) is 0.687. The average molecular weight is 330 g/mol. The average Bonchev–Trinajstić information content (AvgIpc) is 2.40. The molecule has 0 aliphatic heterocycles. The van der Waals surface area contributed by atoms with Gasteiger partial charge in [-0.05, 0) is 30.4 Å². The Morgan fingerprint density at radius 3 is 2.67 bits per heavy atom. The summed E-state index contributed by atoms with van der Waals surface area (Å²) in [4.78, 5) is 0.332. The van der Waals surface area contributed by atoms with Crippen LogP contribution in [0.1, 0.15) is 38.7 Å². The molecule has 1 aliphatic rings. The van der Waals surface area contributed by atoms with E-state index in [4.69, 9.17) is 11.6 Å². The summed E-state index contributed by atoms with van der Waals surface area (Å²) < 4.78 is 23.8. The summed E-state index contributed by atoms with van der Waals surface area (Å²) in [5, 5.41) is 4.04. The Bertz CT molecular complexity index is 600. The van der Waals surface area contributed by atoms with Crippen molar-refractivity contribution in [3.05, 3.63) is 28.8 Å². The summed E-state index contributed by atoms with van der Waals surface area (Å²) in [6.45, 7) is 5.06. The fourth-order valence-corrected chi connectivity index (χ4v) is 4.41. The lowest BCUT2D eigenvalue weighted by atomic mass is 9.78. The normalized spacial score (nSPS) is 26.8. The lowest BCUT2D eigenvalue weighted by molar-refractivity contribution is 0.205. The summed E-state index contributed by atoms with van der Waals surface area (Å²) in [6, 6.07) is 5.50. The third-order valence-corrected chi connectivity index (χ3v) is 6.26. The van der Waals surface area contributed by atoms with Crippen LogP contribution in [0.3, 0.4) is 0 Å². The van der Waals surface area contributed by atoms with Gasteiger partial charge in [0.1, 0.15) is 0 Å². The first-order valence-electron chi connectivity index (χ1n) is 7.51. The summed E-state index contributed by atoms with van der Waals surface area (Å²) in [6.07, 6.45) is 4.88. The minimum atomic E-state index is -3.26. The first-order valence-corrected chi connectivity index (χ1v) is 9.78. The third kappa shape index (κ3) is 3.99. The molecule has 1 saturated carbocycles. The molecular weight excluding hydrogens is 306 g/mol. The third-order valence-electron chi connectivity index (χ3n) is 4.72. The largest absolute Gasteiger partial charge is 0.310 e. The van der Waals surface area contributed by atoms with Gasteiger partial charge in [-0.3, -0.25) is 0 Å². The zero-order valence-electron chi connectivity index (χ0n) is 12.9. The van der Waals surface area contributed by atoms with Gasteiger partial charge in [-0.25, -0.2) is 8.42 Å². The Balaban J connectivity index is 2.17. The molecule has 2 rings (SSSR count). The van der Waals surface area contributed by atoms with Crippen molar-refractivity contribution in [1.82, 2.24) is 5.32 Å². The summed E-state index contributed by atoms with van der Waals surface area (Å²) >= 11 is 6.21. The second kappa shape index (κ2) is 6.67. The number of hydrogen-bond donors (Lipinski definition) is 1. The van der Waals surface area contributed by atoms with E-state index in [1.165, 1.54) is 19.1 Å². The number of sulfone groups is 1. The van der Waals surface area contributed by atoms with Crippen LogP contribution in [0.2, 0.25) is 5.02 Å². The molecule has 0 bridgehead atoms. The molecule has 0 saturated heterocycles. The lowest BCUT2D eigenvalue weighted by Crippen LogP contribution is -2.40. The smallest absolute Gasteiger partial charge is 0.175 e. The van der Waals surface area contributed by atoms with Gasteiger partial charge < -0.3 is 5.32 Å². The van der Waals surface area contributed by atoms with E-state index in [-0.39, 0.29) is 0 Å². The minimum absolute atomic E-state index is 0.332. The monoisotopic (exact) mass is 329 g/mol.